The first kappa shape index (κ1) is 30.5. The van der Waals surface area contributed by atoms with Crippen molar-refractivity contribution in [3.63, 3.8) is 0 Å². The van der Waals surface area contributed by atoms with Gasteiger partial charge in [-0.15, -0.1) is 0 Å². The molecule has 34 heavy (non-hydrogen) atoms. The van der Waals surface area contributed by atoms with Gasteiger partial charge in [-0.2, -0.15) is 0 Å². The quantitative estimate of drug-likeness (QED) is 0.235. The van der Waals surface area contributed by atoms with E-state index in [9.17, 15) is 19.2 Å². The number of para-hydroxylation sites is 1. The maximum absolute atomic E-state index is 10.6. The molecule has 0 fully saturated rings. The first-order valence-electron chi connectivity index (χ1n) is 10.5. The number of hydrogen-bond acceptors (Lipinski definition) is 7. The van der Waals surface area contributed by atoms with Crippen LogP contribution < -0.4 is 17.2 Å². The normalized spacial score (nSPS) is 13.0. The number of benzene rings is 1. The lowest BCUT2D eigenvalue weighted by Crippen LogP contribution is -2.32. The van der Waals surface area contributed by atoms with E-state index in [2.05, 4.69) is 4.98 Å². The number of carbonyl (C=O) groups is 4. The molecule has 190 valence electrons. The molecule has 11 N–H and O–H groups in total. The highest BCUT2D eigenvalue weighted by Gasteiger charge is 2.14. The molecule has 0 saturated carbocycles. The molecule has 1 aromatic heterocycles. The van der Waals surface area contributed by atoms with E-state index in [0.29, 0.717) is 18.8 Å². The molecule has 2 aromatic rings. The van der Waals surface area contributed by atoms with Crippen LogP contribution in [0.3, 0.4) is 0 Å². The summed E-state index contributed by atoms with van der Waals surface area (Å²) in [4.78, 5) is 43.7. The average Bonchev–Trinajstić information content (AvgIpc) is 3.15. The van der Waals surface area contributed by atoms with Crippen molar-refractivity contribution >= 4 is 34.8 Å². The summed E-state index contributed by atoms with van der Waals surface area (Å²) in [7, 11) is 0. The standard InChI is InChI=1S/C11H12N2O2.C6H13NO2.C5H9NO4/c12-9(11(14)15)5-7-6-13-10-4-2-1-3-8(7)10;1-4(2)3-5(7)6(8)9;6-3(5(9)10)1-2-4(7)8/h1-4,6,9,13H,5,12H2,(H,14,15);4-5H,3,7H2,1-2H3,(H,8,9);3H,1-2,6H2,(H,7,8)(H,9,10)/t9-;5-;3-/m000/s1. The molecule has 0 aliphatic heterocycles. The topological polar surface area (TPSA) is 243 Å². The van der Waals surface area contributed by atoms with E-state index in [4.69, 9.17) is 37.6 Å². The highest BCUT2D eigenvalue weighted by atomic mass is 16.4. The van der Waals surface area contributed by atoms with Crippen LogP contribution in [0.5, 0.6) is 0 Å². The van der Waals surface area contributed by atoms with Crippen molar-refractivity contribution in [2.45, 2.75) is 57.7 Å². The van der Waals surface area contributed by atoms with Gasteiger partial charge in [0.05, 0.1) is 0 Å². The molecule has 3 atom stereocenters. The zero-order valence-corrected chi connectivity index (χ0v) is 19.2. The number of carboxylic acids is 4. The summed E-state index contributed by atoms with van der Waals surface area (Å²) in [5, 5.41) is 34.3. The van der Waals surface area contributed by atoms with Crippen molar-refractivity contribution in [1.82, 2.24) is 4.98 Å². The van der Waals surface area contributed by atoms with Gasteiger partial charge in [-0.1, -0.05) is 32.0 Å². The molecule has 0 bridgehead atoms. The summed E-state index contributed by atoms with van der Waals surface area (Å²) >= 11 is 0. The summed E-state index contributed by atoms with van der Waals surface area (Å²) in [5.74, 6) is -3.72. The Kier molecular flexibility index (Phi) is 13.8. The third kappa shape index (κ3) is 12.5. The van der Waals surface area contributed by atoms with Crippen molar-refractivity contribution in [3.05, 3.63) is 36.0 Å². The van der Waals surface area contributed by atoms with Gasteiger partial charge in [0.15, 0.2) is 0 Å². The molecule has 0 spiro atoms. The lowest BCUT2D eigenvalue weighted by Gasteiger charge is -2.07. The van der Waals surface area contributed by atoms with Crippen LogP contribution in [-0.4, -0.2) is 67.4 Å². The van der Waals surface area contributed by atoms with Crippen molar-refractivity contribution in [2.24, 2.45) is 23.1 Å². The maximum atomic E-state index is 10.6. The number of rotatable bonds is 10. The predicted molar refractivity (Wildman–Crippen MR) is 125 cm³/mol. The Morgan fingerprint density at radius 3 is 1.82 bits per heavy atom. The van der Waals surface area contributed by atoms with Gasteiger partial charge < -0.3 is 42.6 Å². The zero-order chi connectivity index (χ0) is 26.4. The molecule has 0 amide bonds. The molecular weight excluding hydrogens is 448 g/mol. The molecule has 1 heterocycles. The zero-order valence-electron chi connectivity index (χ0n) is 19.2. The fourth-order valence-electron chi connectivity index (χ4n) is 2.64. The number of nitrogens with two attached hydrogens (primary N) is 3. The van der Waals surface area contributed by atoms with E-state index in [0.717, 1.165) is 16.5 Å². The van der Waals surface area contributed by atoms with Gasteiger partial charge in [0.2, 0.25) is 0 Å². The Morgan fingerprint density at radius 2 is 1.38 bits per heavy atom. The van der Waals surface area contributed by atoms with Crippen LogP contribution in [-0.2, 0) is 25.6 Å². The fraction of sp³-hybridized carbons (Fsp3) is 0.455. The summed E-state index contributed by atoms with van der Waals surface area (Å²) in [5.41, 5.74) is 17.7. The van der Waals surface area contributed by atoms with Gasteiger partial charge in [0.25, 0.3) is 0 Å². The molecule has 0 radical (unpaired) electrons. The Labute approximate surface area is 196 Å². The van der Waals surface area contributed by atoms with Gasteiger partial charge in [-0.25, -0.2) is 0 Å². The largest absolute Gasteiger partial charge is 0.481 e. The minimum Gasteiger partial charge on any atom is -0.481 e. The van der Waals surface area contributed by atoms with Crippen molar-refractivity contribution in [1.29, 1.82) is 0 Å². The molecule has 1 aromatic carbocycles. The number of fused-ring (bicyclic) bond motifs is 1. The van der Waals surface area contributed by atoms with Crippen molar-refractivity contribution in [2.75, 3.05) is 0 Å². The number of aromatic amines is 1. The summed E-state index contributed by atoms with van der Waals surface area (Å²) in [6.07, 6.45) is 2.49. The van der Waals surface area contributed by atoms with Crippen LogP contribution in [0.2, 0.25) is 0 Å². The predicted octanol–water partition coefficient (Wildman–Crippen LogP) is 0.830. The number of carboxylic acid groups (broad SMARTS) is 4. The highest BCUT2D eigenvalue weighted by molar-refractivity contribution is 5.84. The van der Waals surface area contributed by atoms with Gasteiger partial charge in [0, 0.05) is 29.9 Å². The van der Waals surface area contributed by atoms with Crippen molar-refractivity contribution in [3.8, 4) is 0 Å². The Balaban J connectivity index is 0.000000507. The molecule has 0 aliphatic rings. The summed E-state index contributed by atoms with van der Waals surface area (Å²) < 4.78 is 0. The molecule has 0 aliphatic carbocycles. The second kappa shape index (κ2) is 15.4. The first-order chi connectivity index (χ1) is 15.8. The van der Waals surface area contributed by atoms with Gasteiger partial charge in [0.1, 0.15) is 18.1 Å². The molecule has 12 heteroatoms. The number of hydrogen-bond donors (Lipinski definition) is 8. The molecule has 12 nitrogen and oxygen atoms in total. The number of aromatic nitrogens is 1. The molecule has 0 unspecified atom stereocenters. The van der Waals surface area contributed by atoms with Crippen LogP contribution >= 0.6 is 0 Å². The van der Waals surface area contributed by atoms with Crippen molar-refractivity contribution < 1.29 is 39.6 Å². The van der Waals surface area contributed by atoms with Crippen LogP contribution in [0, 0.1) is 5.92 Å². The lowest BCUT2D eigenvalue weighted by atomic mass is 10.1. The van der Waals surface area contributed by atoms with E-state index in [1.807, 2.05) is 44.3 Å². The second-order valence-electron chi connectivity index (χ2n) is 7.96. The van der Waals surface area contributed by atoms with Crippen LogP contribution in [0.4, 0.5) is 0 Å². The minimum absolute atomic E-state index is 0.0231. The third-order valence-corrected chi connectivity index (χ3v) is 4.46. The third-order valence-electron chi connectivity index (χ3n) is 4.46. The number of nitrogens with one attached hydrogen (secondary N) is 1. The van der Waals surface area contributed by atoms with Gasteiger partial charge in [-0.3, -0.25) is 19.2 Å². The first-order valence-corrected chi connectivity index (χ1v) is 10.5. The Bertz CT molecular complexity index is 944. The number of aliphatic carboxylic acids is 4. The molecule has 2 rings (SSSR count). The van der Waals surface area contributed by atoms with E-state index in [-0.39, 0.29) is 12.8 Å². The van der Waals surface area contributed by atoms with E-state index in [1.54, 1.807) is 0 Å². The van der Waals surface area contributed by atoms with E-state index in [1.165, 1.54) is 0 Å². The maximum Gasteiger partial charge on any atom is 0.320 e. The summed E-state index contributed by atoms with van der Waals surface area (Å²) in [6.45, 7) is 3.89. The lowest BCUT2D eigenvalue weighted by molar-refractivity contribution is -0.141. The SMILES string of the molecule is CC(C)C[C@H](N)C(=O)O.N[C@@H](CCC(=O)O)C(=O)O.N[C@@H](Cc1c[nH]c2ccccc12)C(=O)O. The van der Waals surface area contributed by atoms with Crippen LogP contribution in [0.1, 0.15) is 38.7 Å². The van der Waals surface area contributed by atoms with Gasteiger partial charge >= 0.3 is 23.9 Å². The monoisotopic (exact) mass is 482 g/mol. The second-order valence-corrected chi connectivity index (χ2v) is 7.96. The van der Waals surface area contributed by atoms with Crippen LogP contribution in [0.15, 0.2) is 30.5 Å². The summed E-state index contributed by atoms with van der Waals surface area (Å²) in [6, 6.07) is 5.16. The van der Waals surface area contributed by atoms with E-state index < -0.39 is 42.0 Å². The highest BCUT2D eigenvalue weighted by Crippen LogP contribution is 2.18. The van der Waals surface area contributed by atoms with Gasteiger partial charge in [-0.05, 0) is 30.4 Å². The van der Waals surface area contributed by atoms with Crippen LogP contribution in [0.25, 0.3) is 10.9 Å². The molecular formula is C22H34N4O8. The Hall–Kier alpha value is -3.48. The minimum atomic E-state index is -1.17. The average molecular weight is 483 g/mol. The Morgan fingerprint density at radius 1 is 0.853 bits per heavy atom. The fourth-order valence-corrected chi connectivity index (χ4v) is 2.64. The number of H-pyrrole nitrogens is 1. The molecule has 0 saturated heterocycles. The van der Waals surface area contributed by atoms with E-state index >= 15 is 0 Å². The smallest absolute Gasteiger partial charge is 0.320 e.